The van der Waals surface area contributed by atoms with Crippen LogP contribution >= 0.6 is 0 Å². The summed E-state index contributed by atoms with van der Waals surface area (Å²) in [6, 6.07) is 6.89. The molecule has 0 radical (unpaired) electrons. The number of benzene rings is 1. The Bertz CT molecular complexity index is 603. The van der Waals surface area contributed by atoms with Crippen molar-refractivity contribution in [2.24, 2.45) is 0 Å². The highest BCUT2D eigenvalue weighted by atomic mass is 32.2. The van der Waals surface area contributed by atoms with E-state index < -0.39 is 15.1 Å². The van der Waals surface area contributed by atoms with E-state index in [1.807, 2.05) is 4.90 Å². The quantitative estimate of drug-likeness (QED) is 0.885. The Morgan fingerprint density at radius 2 is 1.77 bits per heavy atom. The molecule has 122 valence electrons. The van der Waals surface area contributed by atoms with Crippen LogP contribution in [-0.2, 0) is 21.1 Å². The van der Waals surface area contributed by atoms with Gasteiger partial charge in [-0.3, -0.25) is 4.79 Å². The molecular weight excluding hydrogens is 300 g/mol. The zero-order valence-electron chi connectivity index (χ0n) is 13.2. The van der Waals surface area contributed by atoms with Crippen LogP contribution in [0.5, 0.6) is 0 Å². The van der Waals surface area contributed by atoms with Crippen molar-refractivity contribution in [3.8, 4) is 0 Å². The number of nitrogens with zero attached hydrogens (tertiary/aromatic N) is 1. The van der Waals surface area contributed by atoms with Crippen LogP contribution in [0.3, 0.4) is 0 Å². The molecule has 1 heterocycles. The summed E-state index contributed by atoms with van der Waals surface area (Å²) < 4.78 is 24.1. The first-order valence-corrected chi connectivity index (χ1v) is 9.27. The highest BCUT2D eigenvalue weighted by molar-refractivity contribution is 7.92. The van der Waals surface area contributed by atoms with Gasteiger partial charge in [-0.15, -0.1) is 0 Å². The summed E-state index contributed by atoms with van der Waals surface area (Å²) in [5, 5.41) is 2.80. The Balaban J connectivity index is 1.93. The number of sulfone groups is 1. The second-order valence-corrected chi connectivity index (χ2v) is 8.37. The molecule has 0 aromatic heterocycles. The summed E-state index contributed by atoms with van der Waals surface area (Å²) in [6.45, 7) is 6.60. The van der Waals surface area contributed by atoms with Crippen molar-refractivity contribution in [1.29, 1.82) is 0 Å². The van der Waals surface area contributed by atoms with Crippen LogP contribution in [0.1, 0.15) is 25.8 Å². The van der Waals surface area contributed by atoms with Gasteiger partial charge >= 0.3 is 0 Å². The Morgan fingerprint density at radius 3 is 2.32 bits per heavy atom. The number of carbonyl (C=O) groups excluding carboxylic acids is 1. The minimum absolute atomic E-state index is 0.167. The summed E-state index contributed by atoms with van der Waals surface area (Å²) in [6.07, 6.45) is 1.11. The first-order chi connectivity index (χ1) is 10.4. The Labute approximate surface area is 132 Å². The first-order valence-electron chi connectivity index (χ1n) is 7.72. The average molecular weight is 324 g/mol. The van der Waals surface area contributed by atoms with E-state index in [2.05, 4.69) is 5.32 Å². The molecule has 0 bridgehead atoms. The van der Waals surface area contributed by atoms with Crippen LogP contribution in [0.4, 0.5) is 0 Å². The lowest BCUT2D eigenvalue weighted by Gasteiger charge is -2.27. The first kappa shape index (κ1) is 17.0. The second-order valence-electron chi connectivity index (χ2n) is 5.87. The molecule has 1 aliphatic rings. The van der Waals surface area contributed by atoms with Gasteiger partial charge in [-0.1, -0.05) is 12.1 Å². The van der Waals surface area contributed by atoms with E-state index in [0.717, 1.165) is 31.7 Å². The predicted molar refractivity (Wildman–Crippen MR) is 86.5 cm³/mol. The number of amides is 1. The van der Waals surface area contributed by atoms with Gasteiger partial charge in [-0.05, 0) is 38.0 Å². The molecule has 0 unspecified atom stereocenters. The minimum Gasteiger partial charge on any atom is -0.340 e. The zero-order valence-corrected chi connectivity index (χ0v) is 14.0. The predicted octanol–water partition coefficient (Wildman–Crippen LogP) is 1.23. The number of piperazine rings is 1. The van der Waals surface area contributed by atoms with Gasteiger partial charge in [-0.2, -0.15) is 0 Å². The van der Waals surface area contributed by atoms with Gasteiger partial charge in [0.1, 0.15) is 0 Å². The molecule has 1 N–H and O–H groups in total. The molecule has 6 heteroatoms. The van der Waals surface area contributed by atoms with Crippen LogP contribution in [-0.4, -0.2) is 50.7 Å². The lowest BCUT2D eigenvalue weighted by atomic mass is 10.1. The van der Waals surface area contributed by atoms with Gasteiger partial charge in [0.2, 0.25) is 5.91 Å². The number of hydrogen-bond donors (Lipinski definition) is 1. The van der Waals surface area contributed by atoms with E-state index in [4.69, 9.17) is 0 Å². The van der Waals surface area contributed by atoms with Gasteiger partial charge in [-0.25, -0.2) is 8.42 Å². The lowest BCUT2D eigenvalue weighted by Crippen LogP contribution is -2.46. The molecule has 1 aromatic rings. The van der Waals surface area contributed by atoms with Gasteiger partial charge in [0.15, 0.2) is 9.84 Å². The Morgan fingerprint density at radius 1 is 1.18 bits per heavy atom. The molecule has 1 fully saturated rings. The standard InChI is InChI=1S/C16H24N2O3S/c1-13(2)22(20,21)15-6-3-14(4-7-15)5-8-16(19)18-11-9-17-10-12-18/h3-4,6-7,13,17H,5,8-12H2,1-2H3. The number of hydrogen-bond acceptors (Lipinski definition) is 4. The molecule has 5 nitrogen and oxygen atoms in total. The largest absolute Gasteiger partial charge is 0.340 e. The fourth-order valence-electron chi connectivity index (χ4n) is 2.44. The van der Waals surface area contributed by atoms with Gasteiger partial charge in [0.05, 0.1) is 10.1 Å². The molecule has 22 heavy (non-hydrogen) atoms. The smallest absolute Gasteiger partial charge is 0.222 e. The molecule has 0 saturated carbocycles. The number of nitrogens with one attached hydrogen (secondary N) is 1. The monoisotopic (exact) mass is 324 g/mol. The molecule has 1 aromatic carbocycles. The highest BCUT2D eigenvalue weighted by Crippen LogP contribution is 2.17. The topological polar surface area (TPSA) is 66.5 Å². The van der Waals surface area contributed by atoms with E-state index in [0.29, 0.717) is 17.7 Å². The maximum absolute atomic E-state index is 12.1. The van der Waals surface area contributed by atoms with E-state index in [1.54, 1.807) is 38.1 Å². The summed E-state index contributed by atoms with van der Waals surface area (Å²) in [5.41, 5.74) is 0.992. The Hall–Kier alpha value is -1.40. The molecule has 1 amide bonds. The zero-order chi connectivity index (χ0) is 16.2. The van der Waals surface area contributed by atoms with Crippen molar-refractivity contribution in [2.45, 2.75) is 36.8 Å². The number of carbonyl (C=O) groups is 1. The van der Waals surface area contributed by atoms with Crippen molar-refractivity contribution in [3.63, 3.8) is 0 Å². The van der Waals surface area contributed by atoms with Crippen LogP contribution < -0.4 is 5.32 Å². The summed E-state index contributed by atoms with van der Waals surface area (Å²) in [7, 11) is -3.22. The fourth-order valence-corrected chi connectivity index (χ4v) is 3.50. The molecule has 1 saturated heterocycles. The Kier molecular flexibility index (Phi) is 5.58. The van der Waals surface area contributed by atoms with Crippen molar-refractivity contribution in [2.75, 3.05) is 26.2 Å². The van der Waals surface area contributed by atoms with Crippen LogP contribution in [0.2, 0.25) is 0 Å². The molecule has 1 aliphatic heterocycles. The summed E-state index contributed by atoms with van der Waals surface area (Å²) in [4.78, 5) is 14.3. The third kappa shape index (κ3) is 4.08. The number of aryl methyl sites for hydroxylation is 1. The molecule has 0 atom stereocenters. The molecular formula is C16H24N2O3S. The van der Waals surface area contributed by atoms with E-state index >= 15 is 0 Å². The second kappa shape index (κ2) is 7.24. The fraction of sp³-hybridized carbons (Fsp3) is 0.562. The molecule has 0 aliphatic carbocycles. The van der Waals surface area contributed by atoms with Crippen molar-refractivity contribution >= 4 is 15.7 Å². The summed E-state index contributed by atoms with van der Waals surface area (Å²) in [5.74, 6) is 0.167. The van der Waals surface area contributed by atoms with Crippen molar-refractivity contribution in [3.05, 3.63) is 29.8 Å². The molecule has 2 rings (SSSR count). The lowest BCUT2D eigenvalue weighted by molar-refractivity contribution is -0.131. The third-order valence-corrected chi connectivity index (χ3v) is 6.14. The van der Waals surface area contributed by atoms with Crippen LogP contribution in [0, 0.1) is 0 Å². The van der Waals surface area contributed by atoms with Crippen LogP contribution in [0.15, 0.2) is 29.2 Å². The normalized spacial score (nSPS) is 16.0. The number of rotatable bonds is 5. The van der Waals surface area contributed by atoms with Gasteiger partial charge in [0.25, 0.3) is 0 Å². The average Bonchev–Trinajstić information content (AvgIpc) is 2.53. The van der Waals surface area contributed by atoms with Gasteiger partial charge in [0, 0.05) is 32.6 Å². The summed E-state index contributed by atoms with van der Waals surface area (Å²) >= 11 is 0. The maximum Gasteiger partial charge on any atom is 0.222 e. The SMILES string of the molecule is CC(C)S(=O)(=O)c1ccc(CCC(=O)N2CCNCC2)cc1. The third-order valence-electron chi connectivity index (χ3n) is 3.97. The van der Waals surface area contributed by atoms with Crippen molar-refractivity contribution in [1.82, 2.24) is 10.2 Å². The van der Waals surface area contributed by atoms with E-state index in [9.17, 15) is 13.2 Å². The maximum atomic E-state index is 12.1. The van der Waals surface area contributed by atoms with Gasteiger partial charge < -0.3 is 10.2 Å². The highest BCUT2D eigenvalue weighted by Gasteiger charge is 2.19. The van der Waals surface area contributed by atoms with E-state index in [1.165, 1.54) is 0 Å². The van der Waals surface area contributed by atoms with Crippen molar-refractivity contribution < 1.29 is 13.2 Å². The van der Waals surface area contributed by atoms with E-state index in [-0.39, 0.29) is 5.91 Å². The van der Waals surface area contributed by atoms with Crippen LogP contribution in [0.25, 0.3) is 0 Å². The molecule has 0 spiro atoms. The minimum atomic E-state index is -3.22.